The van der Waals surface area contributed by atoms with E-state index in [4.69, 9.17) is 0 Å². The Hall–Kier alpha value is -8.98. The average Bonchev–Trinajstić information content (AvgIpc) is 4.19. The second-order valence-electron chi connectivity index (χ2n) is 23.4. The Morgan fingerprint density at radius 2 is 0.718 bits per heavy atom. The van der Waals surface area contributed by atoms with Gasteiger partial charge in [0.15, 0.2) is 0 Å². The first-order valence-corrected chi connectivity index (χ1v) is 27.7. The van der Waals surface area contributed by atoms with Gasteiger partial charge in [-0.15, -0.1) is 0 Å². The lowest BCUT2D eigenvalue weighted by Crippen LogP contribution is -2.16. The Labute approximate surface area is 460 Å². The molecule has 2 heteroatoms. The molecule has 3 aliphatic rings. The monoisotopic (exact) mass is 1000 g/mol. The van der Waals surface area contributed by atoms with Crippen molar-refractivity contribution in [3.8, 4) is 66.8 Å². The van der Waals surface area contributed by atoms with Gasteiger partial charge in [0.2, 0.25) is 0 Å². The molecule has 0 heterocycles. The average molecular weight is 1000 g/mol. The highest BCUT2D eigenvalue weighted by Crippen LogP contribution is 2.54. The maximum absolute atomic E-state index is 3.83. The predicted molar refractivity (Wildman–Crippen MR) is 329 cm³/mol. The van der Waals surface area contributed by atoms with Crippen molar-refractivity contribution in [2.45, 2.75) is 64.2 Å². The highest BCUT2D eigenvalue weighted by Gasteiger charge is 2.39. The molecule has 0 aliphatic heterocycles. The topological polar surface area (TPSA) is 15.3 Å². The van der Waals surface area contributed by atoms with Crippen molar-refractivity contribution in [1.82, 2.24) is 0 Å². The molecule has 0 atom stereocenters. The molecule has 2 nitrogen and oxygen atoms in total. The smallest absolute Gasteiger partial charge is 0.0465 e. The van der Waals surface area contributed by atoms with E-state index in [0.717, 1.165) is 34.9 Å². The van der Waals surface area contributed by atoms with Crippen LogP contribution >= 0.6 is 0 Å². The van der Waals surface area contributed by atoms with Crippen LogP contribution in [0.4, 0.5) is 28.4 Å². The summed E-state index contributed by atoms with van der Waals surface area (Å²) in [5.74, 6) is 0. The summed E-state index contributed by atoms with van der Waals surface area (Å²) in [5, 5.41) is 3.83. The van der Waals surface area contributed by atoms with Gasteiger partial charge in [-0.05, 0) is 184 Å². The lowest BCUT2D eigenvalue weighted by Gasteiger charge is -2.28. The van der Waals surface area contributed by atoms with Crippen LogP contribution in [0.25, 0.3) is 66.8 Å². The zero-order chi connectivity index (χ0) is 52.9. The summed E-state index contributed by atoms with van der Waals surface area (Å²) < 4.78 is 0. The van der Waals surface area contributed by atoms with Crippen molar-refractivity contribution < 1.29 is 0 Å². The van der Waals surface area contributed by atoms with E-state index in [2.05, 4.69) is 300 Å². The minimum atomic E-state index is -0.188. The number of fused-ring (bicyclic) bond motifs is 9. The summed E-state index contributed by atoms with van der Waals surface area (Å²) in [5.41, 5.74) is 31.5. The summed E-state index contributed by atoms with van der Waals surface area (Å²) in [6.07, 6.45) is 0.831. The zero-order valence-electron chi connectivity index (χ0n) is 45.3. The molecule has 0 amide bonds. The SMILES string of the molecule is CC1(C)c2cc(Cc3cc(Nc4ccc(-c5ccccc5)cc4)cc4c3-c3ccccc3C4(C)C)ccc2-c2ccc(-c3ccc(N(c4ccc(-c5ccccc5)cc4)c4ccc5c(c4)C(C)(C)c4ccccc4-5)cc3)cc21. The van der Waals surface area contributed by atoms with E-state index >= 15 is 0 Å². The lowest BCUT2D eigenvalue weighted by atomic mass is 9.80. The lowest BCUT2D eigenvalue weighted by molar-refractivity contribution is 0.659. The second-order valence-corrected chi connectivity index (χ2v) is 23.4. The third-order valence-corrected chi connectivity index (χ3v) is 17.7. The van der Waals surface area contributed by atoms with Gasteiger partial charge in [-0.1, -0.05) is 224 Å². The molecule has 3 aliphatic carbocycles. The number of rotatable bonds is 10. The van der Waals surface area contributed by atoms with E-state index in [9.17, 15) is 0 Å². The molecule has 1 N–H and O–H groups in total. The van der Waals surface area contributed by atoms with Crippen molar-refractivity contribution >= 4 is 28.4 Å². The highest BCUT2D eigenvalue weighted by molar-refractivity contribution is 5.89. The molecule has 11 aromatic rings. The number of nitrogens with one attached hydrogen (secondary N) is 1. The number of hydrogen-bond donors (Lipinski definition) is 1. The number of hydrogen-bond acceptors (Lipinski definition) is 2. The van der Waals surface area contributed by atoms with Crippen LogP contribution in [-0.2, 0) is 22.7 Å². The molecule has 0 bridgehead atoms. The molecule has 0 radical (unpaired) electrons. The van der Waals surface area contributed by atoms with Crippen LogP contribution in [0.5, 0.6) is 0 Å². The fourth-order valence-electron chi connectivity index (χ4n) is 13.5. The van der Waals surface area contributed by atoms with Gasteiger partial charge in [-0.3, -0.25) is 0 Å². The maximum Gasteiger partial charge on any atom is 0.0465 e. The van der Waals surface area contributed by atoms with Crippen LogP contribution in [-0.4, -0.2) is 0 Å². The maximum atomic E-state index is 3.83. The van der Waals surface area contributed by atoms with E-state index in [-0.39, 0.29) is 16.2 Å². The van der Waals surface area contributed by atoms with Crippen LogP contribution in [0.1, 0.15) is 86.1 Å². The van der Waals surface area contributed by atoms with Gasteiger partial charge in [0.1, 0.15) is 0 Å². The molecular formula is C76H62N2. The zero-order valence-corrected chi connectivity index (χ0v) is 45.3. The Morgan fingerprint density at radius 1 is 0.295 bits per heavy atom. The molecule has 11 aromatic carbocycles. The van der Waals surface area contributed by atoms with Crippen molar-refractivity contribution in [2.24, 2.45) is 0 Å². The molecule has 14 rings (SSSR count). The largest absolute Gasteiger partial charge is 0.356 e. The number of nitrogens with zero attached hydrogens (tertiary/aromatic N) is 1. The van der Waals surface area contributed by atoms with Gasteiger partial charge in [0.25, 0.3) is 0 Å². The van der Waals surface area contributed by atoms with Crippen LogP contribution in [0.15, 0.2) is 249 Å². The summed E-state index contributed by atoms with van der Waals surface area (Å²) in [4.78, 5) is 2.42. The fourth-order valence-corrected chi connectivity index (χ4v) is 13.5. The van der Waals surface area contributed by atoms with Gasteiger partial charge in [0, 0.05) is 44.7 Å². The first kappa shape index (κ1) is 47.5. The molecule has 0 aromatic heterocycles. The molecule has 376 valence electrons. The minimum absolute atomic E-state index is 0.108. The van der Waals surface area contributed by atoms with Crippen LogP contribution < -0.4 is 10.2 Å². The second kappa shape index (κ2) is 18.1. The summed E-state index contributed by atoms with van der Waals surface area (Å²) >= 11 is 0. The van der Waals surface area contributed by atoms with Crippen LogP contribution in [0, 0.1) is 0 Å². The molecular weight excluding hydrogens is 941 g/mol. The van der Waals surface area contributed by atoms with Crippen LogP contribution in [0.2, 0.25) is 0 Å². The normalized spacial score (nSPS) is 14.4. The van der Waals surface area contributed by atoms with Gasteiger partial charge < -0.3 is 10.2 Å². The van der Waals surface area contributed by atoms with Crippen molar-refractivity contribution in [2.75, 3.05) is 10.2 Å². The summed E-state index contributed by atoms with van der Waals surface area (Å²) in [6.45, 7) is 14.3. The highest BCUT2D eigenvalue weighted by atomic mass is 15.1. The fraction of sp³-hybridized carbons (Fsp3) is 0.132. The van der Waals surface area contributed by atoms with Crippen molar-refractivity contribution in [3.05, 3.63) is 293 Å². The Bertz CT molecular complexity index is 4120. The van der Waals surface area contributed by atoms with Gasteiger partial charge in [-0.25, -0.2) is 0 Å². The van der Waals surface area contributed by atoms with E-state index in [1.807, 2.05) is 0 Å². The first-order valence-electron chi connectivity index (χ1n) is 27.7. The Balaban J connectivity index is 0.775. The predicted octanol–water partition coefficient (Wildman–Crippen LogP) is 20.4. The molecule has 0 fully saturated rings. The van der Waals surface area contributed by atoms with Crippen molar-refractivity contribution in [1.29, 1.82) is 0 Å². The minimum Gasteiger partial charge on any atom is -0.356 e. The third-order valence-electron chi connectivity index (χ3n) is 17.7. The summed E-state index contributed by atoms with van der Waals surface area (Å²) in [7, 11) is 0. The Morgan fingerprint density at radius 3 is 1.35 bits per heavy atom. The van der Waals surface area contributed by atoms with Crippen LogP contribution in [0.3, 0.4) is 0 Å². The molecule has 0 unspecified atom stereocenters. The third kappa shape index (κ3) is 7.76. The quantitative estimate of drug-likeness (QED) is 0.147. The van der Waals surface area contributed by atoms with Crippen molar-refractivity contribution in [3.63, 3.8) is 0 Å². The standard InChI is InChI=1S/C76H62N2/c1-74(2)67-23-15-13-21-62(67)65-42-39-61(48-71(65)74)78(59-35-28-53(29-36-59)51-19-11-8-12-20-51)60-37-30-54(31-38-60)55-32-41-64-63-40-25-49(44-69(63)76(5,6)70(64)46-55)43-56-45-58(47-72-73(56)66-22-14-16-24-68(66)75(72,3)4)77-57-33-26-52(27-34-57)50-17-9-7-10-18-50/h7-42,44-48,77H,43H2,1-6H3. The first-order chi connectivity index (χ1) is 37.9. The van der Waals surface area contributed by atoms with E-state index in [0.29, 0.717) is 0 Å². The van der Waals surface area contributed by atoms with E-state index in [1.54, 1.807) is 0 Å². The van der Waals surface area contributed by atoms with Gasteiger partial charge in [0.05, 0.1) is 0 Å². The molecule has 0 spiro atoms. The molecule has 0 saturated carbocycles. The molecule has 78 heavy (non-hydrogen) atoms. The molecule has 0 saturated heterocycles. The summed E-state index contributed by atoms with van der Waals surface area (Å²) in [6, 6.07) is 92.5. The van der Waals surface area contributed by atoms with Gasteiger partial charge >= 0.3 is 0 Å². The van der Waals surface area contributed by atoms with E-state index in [1.165, 1.54) is 111 Å². The number of benzene rings is 11. The number of anilines is 5. The van der Waals surface area contributed by atoms with Gasteiger partial charge in [-0.2, -0.15) is 0 Å². The Kier molecular flexibility index (Phi) is 11.0. The van der Waals surface area contributed by atoms with E-state index < -0.39 is 0 Å².